The molecule has 2 amide bonds. The lowest BCUT2D eigenvalue weighted by Crippen LogP contribution is -2.21. The third-order valence-corrected chi connectivity index (χ3v) is 2.79. The van der Waals surface area contributed by atoms with Crippen LogP contribution in [0.25, 0.3) is 11.1 Å². The lowest BCUT2D eigenvalue weighted by atomic mass is 10.1. The van der Waals surface area contributed by atoms with Crippen molar-refractivity contribution in [3.63, 3.8) is 0 Å². The van der Waals surface area contributed by atoms with Gasteiger partial charge < -0.3 is 10.2 Å². The van der Waals surface area contributed by atoms with E-state index < -0.39 is 0 Å². The number of anilines is 1. The normalized spacial score (nSPS) is 10.0. The highest BCUT2D eigenvalue weighted by Crippen LogP contribution is 2.21. The van der Waals surface area contributed by atoms with Gasteiger partial charge in [0.15, 0.2) is 0 Å². The van der Waals surface area contributed by atoms with Gasteiger partial charge in [-0.2, -0.15) is 0 Å². The first-order valence-electron chi connectivity index (χ1n) is 6.38. The molecular formula is C15H16N4O2. The first-order chi connectivity index (χ1) is 9.97. The van der Waals surface area contributed by atoms with Gasteiger partial charge in [0.1, 0.15) is 5.82 Å². The summed E-state index contributed by atoms with van der Waals surface area (Å²) in [7, 11) is 3.38. The molecule has 2 heterocycles. The molecule has 2 aromatic heterocycles. The van der Waals surface area contributed by atoms with Crippen LogP contribution in [-0.4, -0.2) is 40.8 Å². The van der Waals surface area contributed by atoms with Gasteiger partial charge in [-0.05, 0) is 23.8 Å². The van der Waals surface area contributed by atoms with Crippen LogP contribution in [0.2, 0.25) is 0 Å². The Bertz CT molecular complexity index is 683. The first-order valence-corrected chi connectivity index (χ1v) is 6.38. The molecule has 0 aromatic carbocycles. The summed E-state index contributed by atoms with van der Waals surface area (Å²) in [4.78, 5) is 32.7. The molecular weight excluding hydrogens is 268 g/mol. The van der Waals surface area contributed by atoms with E-state index in [-0.39, 0.29) is 11.8 Å². The molecule has 0 saturated heterocycles. The molecule has 0 aliphatic heterocycles. The van der Waals surface area contributed by atoms with E-state index in [1.807, 2.05) is 0 Å². The highest BCUT2D eigenvalue weighted by Gasteiger charge is 2.10. The van der Waals surface area contributed by atoms with E-state index in [9.17, 15) is 9.59 Å². The summed E-state index contributed by atoms with van der Waals surface area (Å²) in [6, 6.07) is 5.30. The van der Waals surface area contributed by atoms with Crippen LogP contribution in [0.5, 0.6) is 0 Å². The van der Waals surface area contributed by atoms with Crippen LogP contribution in [0.15, 0.2) is 36.8 Å². The van der Waals surface area contributed by atoms with Crippen molar-refractivity contribution in [3.05, 3.63) is 42.4 Å². The Hall–Kier alpha value is -2.76. The molecule has 2 aromatic rings. The maximum Gasteiger partial charge on any atom is 0.254 e. The van der Waals surface area contributed by atoms with E-state index in [0.717, 1.165) is 11.1 Å². The van der Waals surface area contributed by atoms with Crippen LogP contribution in [0.3, 0.4) is 0 Å². The van der Waals surface area contributed by atoms with Crippen molar-refractivity contribution in [2.45, 2.75) is 6.92 Å². The van der Waals surface area contributed by atoms with Crippen LogP contribution in [0, 0.1) is 0 Å². The van der Waals surface area contributed by atoms with Gasteiger partial charge >= 0.3 is 0 Å². The predicted molar refractivity (Wildman–Crippen MR) is 79.8 cm³/mol. The van der Waals surface area contributed by atoms with E-state index >= 15 is 0 Å². The fraction of sp³-hybridized carbons (Fsp3) is 0.200. The molecule has 0 bridgehead atoms. The molecule has 0 fully saturated rings. The Morgan fingerprint density at radius 3 is 2.57 bits per heavy atom. The number of hydrogen-bond donors (Lipinski definition) is 1. The van der Waals surface area contributed by atoms with E-state index in [0.29, 0.717) is 11.4 Å². The van der Waals surface area contributed by atoms with Crippen LogP contribution < -0.4 is 5.32 Å². The molecule has 6 nitrogen and oxygen atoms in total. The van der Waals surface area contributed by atoms with E-state index in [1.165, 1.54) is 18.0 Å². The van der Waals surface area contributed by atoms with Crippen molar-refractivity contribution in [1.29, 1.82) is 0 Å². The zero-order valence-corrected chi connectivity index (χ0v) is 12.1. The molecule has 0 spiro atoms. The quantitative estimate of drug-likeness (QED) is 0.932. The number of amides is 2. The van der Waals surface area contributed by atoms with Crippen molar-refractivity contribution in [3.8, 4) is 11.1 Å². The third-order valence-electron chi connectivity index (χ3n) is 2.79. The predicted octanol–water partition coefficient (Wildman–Crippen LogP) is 1.80. The Labute approximate surface area is 122 Å². The topological polar surface area (TPSA) is 75.2 Å². The van der Waals surface area contributed by atoms with E-state index in [4.69, 9.17) is 0 Å². The molecule has 0 aliphatic carbocycles. The summed E-state index contributed by atoms with van der Waals surface area (Å²) >= 11 is 0. The van der Waals surface area contributed by atoms with E-state index in [1.54, 1.807) is 44.7 Å². The largest absolute Gasteiger partial charge is 0.345 e. The van der Waals surface area contributed by atoms with Gasteiger partial charge in [-0.25, -0.2) is 4.98 Å². The minimum Gasteiger partial charge on any atom is -0.345 e. The molecule has 21 heavy (non-hydrogen) atoms. The van der Waals surface area contributed by atoms with Crippen molar-refractivity contribution in [2.24, 2.45) is 0 Å². The summed E-state index contributed by atoms with van der Waals surface area (Å²) in [5.74, 6) is 0.166. The highest BCUT2D eigenvalue weighted by molar-refractivity contribution is 5.95. The van der Waals surface area contributed by atoms with Crippen molar-refractivity contribution in [2.75, 3.05) is 19.4 Å². The van der Waals surface area contributed by atoms with Crippen molar-refractivity contribution in [1.82, 2.24) is 14.9 Å². The van der Waals surface area contributed by atoms with Gasteiger partial charge in [0, 0.05) is 45.2 Å². The van der Waals surface area contributed by atoms with Crippen molar-refractivity contribution >= 4 is 17.6 Å². The van der Waals surface area contributed by atoms with Gasteiger partial charge in [0.05, 0.1) is 5.56 Å². The molecule has 1 N–H and O–H groups in total. The Kier molecular flexibility index (Phi) is 4.27. The van der Waals surface area contributed by atoms with Crippen LogP contribution >= 0.6 is 0 Å². The van der Waals surface area contributed by atoms with Gasteiger partial charge in [-0.15, -0.1) is 0 Å². The average Bonchev–Trinajstić information content (AvgIpc) is 2.46. The minimum absolute atomic E-state index is 0.111. The summed E-state index contributed by atoms with van der Waals surface area (Å²) in [6.45, 7) is 1.42. The molecule has 108 valence electrons. The second kappa shape index (κ2) is 6.13. The summed E-state index contributed by atoms with van der Waals surface area (Å²) in [5, 5.41) is 2.62. The maximum atomic E-state index is 12.0. The Morgan fingerprint density at radius 1 is 1.14 bits per heavy atom. The smallest absolute Gasteiger partial charge is 0.254 e. The minimum atomic E-state index is -0.186. The number of aromatic nitrogens is 2. The van der Waals surface area contributed by atoms with E-state index in [2.05, 4.69) is 15.3 Å². The number of rotatable bonds is 3. The zero-order chi connectivity index (χ0) is 15.4. The standard InChI is InChI=1S/C15H16N4O2/c1-10(20)18-14-7-11(4-5-17-14)12-6-13(9-16-8-12)15(21)19(2)3/h4-9H,1-3H3,(H,17,18,20). The Balaban J connectivity index is 2.36. The second-order valence-corrected chi connectivity index (χ2v) is 4.77. The molecule has 6 heteroatoms. The Morgan fingerprint density at radius 2 is 1.90 bits per heavy atom. The monoisotopic (exact) mass is 284 g/mol. The number of nitrogens with zero attached hydrogens (tertiary/aromatic N) is 3. The van der Waals surface area contributed by atoms with Gasteiger partial charge in [-0.3, -0.25) is 14.6 Å². The third kappa shape index (κ3) is 3.62. The fourth-order valence-electron chi connectivity index (χ4n) is 1.83. The second-order valence-electron chi connectivity index (χ2n) is 4.77. The van der Waals surface area contributed by atoms with Crippen molar-refractivity contribution < 1.29 is 9.59 Å². The average molecular weight is 284 g/mol. The highest BCUT2D eigenvalue weighted by atomic mass is 16.2. The molecule has 2 rings (SSSR count). The summed E-state index contributed by atoms with van der Waals surface area (Å²) in [6.07, 6.45) is 4.79. The van der Waals surface area contributed by atoms with Gasteiger partial charge in [0.2, 0.25) is 5.91 Å². The summed E-state index contributed by atoms with van der Waals surface area (Å²) < 4.78 is 0. The lowest BCUT2D eigenvalue weighted by Gasteiger charge is -2.11. The fourth-order valence-corrected chi connectivity index (χ4v) is 1.83. The molecule has 0 atom stereocenters. The van der Waals surface area contributed by atoms with Gasteiger partial charge in [0.25, 0.3) is 5.91 Å². The molecule has 0 saturated carbocycles. The lowest BCUT2D eigenvalue weighted by molar-refractivity contribution is -0.114. The van der Waals surface area contributed by atoms with Crippen LogP contribution in [-0.2, 0) is 4.79 Å². The first kappa shape index (κ1) is 14.6. The number of hydrogen-bond acceptors (Lipinski definition) is 4. The zero-order valence-electron chi connectivity index (χ0n) is 12.1. The van der Waals surface area contributed by atoms with Crippen LogP contribution in [0.1, 0.15) is 17.3 Å². The number of nitrogens with one attached hydrogen (secondary N) is 1. The number of carbonyl (C=O) groups excluding carboxylic acids is 2. The van der Waals surface area contributed by atoms with Crippen LogP contribution in [0.4, 0.5) is 5.82 Å². The number of carbonyl (C=O) groups is 2. The summed E-state index contributed by atoms with van der Waals surface area (Å²) in [5.41, 5.74) is 2.13. The van der Waals surface area contributed by atoms with Gasteiger partial charge in [-0.1, -0.05) is 0 Å². The molecule has 0 unspecified atom stereocenters. The SMILES string of the molecule is CC(=O)Nc1cc(-c2cncc(C(=O)N(C)C)c2)ccn1. The number of pyridine rings is 2. The molecule has 0 aliphatic rings. The molecule has 0 radical (unpaired) electrons. The maximum absolute atomic E-state index is 12.0.